The van der Waals surface area contributed by atoms with Crippen LogP contribution in [0.25, 0.3) is 43.8 Å². The molecular formula is C40H32F10Pt. The molecule has 0 amide bonds. The number of benzene rings is 7. The van der Waals surface area contributed by atoms with E-state index < -0.39 is 0 Å². The Morgan fingerprint density at radius 3 is 0.843 bits per heavy atom. The summed E-state index contributed by atoms with van der Waals surface area (Å²) in [6.45, 7) is 0. The summed E-state index contributed by atoms with van der Waals surface area (Å²) in [4.78, 5) is 0. The summed E-state index contributed by atoms with van der Waals surface area (Å²) >= 11 is 0. The van der Waals surface area contributed by atoms with Gasteiger partial charge < -0.3 is 0 Å². The van der Waals surface area contributed by atoms with Crippen LogP contribution in [-0.4, -0.2) is 14.4 Å². The summed E-state index contributed by atoms with van der Waals surface area (Å²) in [6, 6.07) is 65.7. The van der Waals surface area contributed by atoms with Crippen LogP contribution in [0.3, 0.4) is 0 Å². The van der Waals surface area contributed by atoms with Gasteiger partial charge in [0.15, 0.2) is 0 Å². The maximum atomic E-state index is 9.50. The first-order valence-electron chi connectivity index (χ1n) is 14.0. The molecule has 0 nitrogen and oxygen atoms in total. The molecule has 0 aromatic heterocycles. The second kappa shape index (κ2) is 36.3. The van der Waals surface area contributed by atoms with Gasteiger partial charge in [0.2, 0.25) is 0 Å². The molecule has 11 heteroatoms. The first-order valence-corrected chi connectivity index (χ1v) is 14.0. The van der Waals surface area contributed by atoms with Crippen molar-refractivity contribution >= 4 is 21.5 Å². The molecule has 0 heterocycles. The van der Waals surface area contributed by atoms with Gasteiger partial charge in [0.05, 0.1) is 14.4 Å². The molecule has 0 atom stereocenters. The van der Waals surface area contributed by atoms with Crippen molar-refractivity contribution in [1.82, 2.24) is 0 Å². The van der Waals surface area contributed by atoms with Gasteiger partial charge in [0.25, 0.3) is 0 Å². The van der Waals surface area contributed by atoms with Crippen LogP contribution in [0.5, 0.6) is 0 Å². The third-order valence-electron chi connectivity index (χ3n) is 6.12. The van der Waals surface area contributed by atoms with Crippen molar-refractivity contribution in [2.75, 3.05) is 14.4 Å². The number of halogens is 10. The Morgan fingerprint density at radius 2 is 0.608 bits per heavy atom. The number of hydrogen-bond donors (Lipinski definition) is 0. The van der Waals surface area contributed by atoms with E-state index in [2.05, 4.69) is 109 Å². The summed E-state index contributed by atoms with van der Waals surface area (Å²) < 4.78 is 83.0. The Balaban J connectivity index is -0.000000763. The van der Waals surface area contributed by atoms with E-state index in [1.54, 1.807) is 0 Å². The van der Waals surface area contributed by atoms with Gasteiger partial charge in [0.1, 0.15) is 0 Å². The molecule has 0 saturated carbocycles. The molecule has 0 bridgehead atoms. The molecule has 7 aromatic carbocycles. The van der Waals surface area contributed by atoms with Crippen molar-refractivity contribution in [3.8, 4) is 22.3 Å². The fourth-order valence-corrected chi connectivity index (χ4v) is 4.37. The fraction of sp³-hybridized carbons (Fsp3) is 0.0500. The van der Waals surface area contributed by atoms with E-state index in [1.807, 2.05) is 72.8 Å². The average molecular weight is 898 g/mol. The largest absolute Gasteiger partial charge is 4.00 e. The Morgan fingerprint density at radius 1 is 0.333 bits per heavy atom. The minimum Gasteiger partial charge on any atom is -0.255 e. The Labute approximate surface area is 305 Å². The number of fused-ring (bicyclic) bond motifs is 3. The monoisotopic (exact) mass is 897 g/mol. The summed E-state index contributed by atoms with van der Waals surface area (Å²) in [5.41, 5.74) is 4.93. The van der Waals surface area contributed by atoms with Crippen molar-refractivity contribution in [2.45, 2.75) is 0 Å². The topological polar surface area (TPSA) is 0 Å². The molecule has 0 saturated heterocycles. The molecule has 51 heavy (non-hydrogen) atoms. The van der Waals surface area contributed by atoms with Gasteiger partial charge in [-0.05, 0) is 11.1 Å². The molecule has 0 aliphatic heterocycles. The number of alkyl halides is 2. The minimum atomic E-state index is 0. The van der Waals surface area contributed by atoms with Crippen LogP contribution in [0.15, 0.2) is 158 Å². The van der Waals surface area contributed by atoms with Crippen molar-refractivity contribution in [3.05, 3.63) is 182 Å². The Kier molecular flexibility index (Phi) is 35.9. The summed E-state index contributed by atoms with van der Waals surface area (Å²) in [5, 5.41) is 4.68. The fourth-order valence-electron chi connectivity index (χ4n) is 4.37. The maximum Gasteiger partial charge on any atom is 4.00 e. The van der Waals surface area contributed by atoms with Crippen LogP contribution >= 0.6 is 0 Å². The zero-order valence-electron chi connectivity index (χ0n) is 27.1. The van der Waals surface area contributed by atoms with Crippen LogP contribution in [0.2, 0.25) is 0 Å². The summed E-state index contributed by atoms with van der Waals surface area (Å²) in [6.07, 6.45) is 0. The van der Waals surface area contributed by atoms with Crippen LogP contribution in [0.4, 0.5) is 45.4 Å². The van der Waals surface area contributed by atoms with Gasteiger partial charge in [-0.25, -0.2) is 10.8 Å². The third-order valence-corrected chi connectivity index (χ3v) is 6.12. The number of rotatable bonds is 2. The van der Waals surface area contributed by atoms with Crippen molar-refractivity contribution in [1.29, 1.82) is 0 Å². The quantitative estimate of drug-likeness (QED) is 0.0921. The van der Waals surface area contributed by atoms with E-state index in [4.69, 9.17) is 36.6 Å². The predicted octanol–water partition coefficient (Wildman–Crippen LogP) is 14.4. The Hall–Kier alpha value is -4.95. The first-order chi connectivity index (χ1) is 24.9. The molecule has 0 radical (unpaired) electrons. The molecule has 272 valence electrons. The van der Waals surface area contributed by atoms with E-state index in [9.17, 15) is 8.78 Å². The van der Waals surface area contributed by atoms with E-state index in [0.717, 1.165) is 10.8 Å². The van der Waals surface area contributed by atoms with E-state index >= 15 is 0 Å². The molecule has 0 N–H and O–H groups in total. The second-order valence-electron chi connectivity index (χ2n) is 8.58. The molecule has 0 unspecified atom stereocenters. The average Bonchev–Trinajstić information content (AvgIpc) is 3.27. The molecule has 0 spiro atoms. The van der Waals surface area contributed by atoms with Gasteiger partial charge in [-0.1, -0.05) is 60.7 Å². The normalized spacial score (nSPS) is 8.24. The van der Waals surface area contributed by atoms with Gasteiger partial charge in [-0.15, -0.1) is 46.2 Å². The first kappa shape index (κ1) is 50.4. The van der Waals surface area contributed by atoms with Crippen LogP contribution in [0, 0.1) is 24.3 Å². The Bertz CT molecular complexity index is 1530. The van der Waals surface area contributed by atoms with Gasteiger partial charge >= 0.3 is 21.1 Å². The summed E-state index contributed by atoms with van der Waals surface area (Å²) in [7, 11) is 1.00. The summed E-state index contributed by atoms with van der Waals surface area (Å²) in [5.74, 6) is 0. The van der Waals surface area contributed by atoms with Gasteiger partial charge in [0, 0.05) is 36.6 Å². The van der Waals surface area contributed by atoms with E-state index in [0.29, 0.717) is 14.4 Å². The second-order valence-corrected chi connectivity index (χ2v) is 8.58. The van der Waals surface area contributed by atoms with E-state index in [-0.39, 0.29) is 21.1 Å². The van der Waals surface area contributed by atoms with Crippen LogP contribution < -0.4 is 0 Å². The van der Waals surface area contributed by atoms with Gasteiger partial charge in [-0.2, -0.15) is 97.1 Å². The zero-order chi connectivity index (χ0) is 37.8. The van der Waals surface area contributed by atoms with E-state index in [1.165, 1.54) is 33.0 Å². The predicted molar refractivity (Wildman–Crippen MR) is 183 cm³/mol. The third kappa shape index (κ3) is 18.0. The minimum absolute atomic E-state index is 0. The molecule has 7 rings (SSSR count). The molecule has 7 aromatic rings. The smallest absolute Gasteiger partial charge is 0.255 e. The van der Waals surface area contributed by atoms with Gasteiger partial charge in [-0.3, -0.25) is 8.78 Å². The molecule has 0 aliphatic carbocycles. The van der Waals surface area contributed by atoms with Crippen molar-refractivity contribution < 1.29 is 66.4 Å². The standard InChI is InChI=1S/C26H16.2C6H5.2CH3F.4F2.Pt/c1-3-9-19(10-4-1)21-13-7-15-23-24-16-8-14-22(20-11-5-2-6-12-20)26(24)18-17-25(21)23;2*1-2-4-6-5-3-1;6*1-2;/h1-14,17-18H;2*1-5H;2*1H3;;;;;/q-2;2*-1;;;;;;;+4. The number of hydrogen-bond acceptors (Lipinski definition) is 0. The van der Waals surface area contributed by atoms with Crippen molar-refractivity contribution in [3.63, 3.8) is 0 Å². The van der Waals surface area contributed by atoms with Crippen LogP contribution in [0.1, 0.15) is 0 Å². The molecule has 0 aliphatic rings. The molecule has 0 fully saturated rings. The zero-order valence-corrected chi connectivity index (χ0v) is 29.4. The maximum absolute atomic E-state index is 9.50. The SMILES string of the molecule is CF.CF.FF.FF.FF.FF.[Pt+4].[c-]1ccc(-c2ccccc2)c2ccc3c(-c4ccccc4)cc[c-]c3c12.[c-]1ccccc1.[c-]1ccccc1. The van der Waals surface area contributed by atoms with Crippen LogP contribution in [-0.2, 0) is 21.1 Å². The molecular weight excluding hydrogens is 865 g/mol. The van der Waals surface area contributed by atoms with Crippen molar-refractivity contribution in [2.24, 2.45) is 0 Å².